The van der Waals surface area contributed by atoms with Gasteiger partial charge in [-0.1, -0.05) is 12.1 Å². The Labute approximate surface area is 148 Å². The van der Waals surface area contributed by atoms with Crippen LogP contribution in [0.4, 0.5) is 5.82 Å². The molecule has 0 aliphatic heterocycles. The summed E-state index contributed by atoms with van der Waals surface area (Å²) in [6, 6.07) is 14.0. The minimum Gasteiger partial charge on any atom is -0.497 e. The summed E-state index contributed by atoms with van der Waals surface area (Å²) in [6.45, 7) is 5.76. The van der Waals surface area contributed by atoms with Crippen LogP contribution in [0.3, 0.4) is 0 Å². The van der Waals surface area contributed by atoms with Crippen LogP contribution in [0.25, 0.3) is 11.4 Å². The maximum absolute atomic E-state index is 5.23. The number of aromatic nitrogens is 3. The summed E-state index contributed by atoms with van der Waals surface area (Å²) < 4.78 is 5.23. The molecule has 0 unspecified atom stereocenters. The van der Waals surface area contributed by atoms with E-state index in [2.05, 4.69) is 33.9 Å². The first kappa shape index (κ1) is 16.9. The van der Waals surface area contributed by atoms with Crippen LogP contribution in [0.2, 0.25) is 0 Å². The third-order valence-corrected chi connectivity index (χ3v) is 4.00. The highest BCUT2D eigenvalue weighted by Crippen LogP contribution is 2.21. The molecular formula is C20H22N4O. The van der Waals surface area contributed by atoms with Gasteiger partial charge >= 0.3 is 0 Å². The summed E-state index contributed by atoms with van der Waals surface area (Å²) in [5.41, 5.74) is 3.08. The molecule has 3 aromatic rings. The van der Waals surface area contributed by atoms with Crippen LogP contribution in [0.1, 0.15) is 18.2 Å². The fourth-order valence-electron chi connectivity index (χ4n) is 2.64. The standard InChI is InChI=1S/C20H22N4O/c1-4-24(14-16-7-9-18(25-3)10-8-16)19-12-15(2)22-20(23-19)17-6-5-11-21-13-17/h5-13H,4,14H2,1-3H3. The molecule has 128 valence electrons. The van der Waals surface area contributed by atoms with Gasteiger partial charge in [-0.25, -0.2) is 9.97 Å². The fraction of sp³-hybridized carbons (Fsp3) is 0.250. The molecule has 25 heavy (non-hydrogen) atoms. The molecule has 0 fully saturated rings. The van der Waals surface area contributed by atoms with Crippen molar-refractivity contribution in [2.24, 2.45) is 0 Å². The zero-order valence-electron chi connectivity index (χ0n) is 14.8. The Balaban J connectivity index is 1.88. The lowest BCUT2D eigenvalue weighted by Crippen LogP contribution is -2.23. The van der Waals surface area contributed by atoms with Gasteiger partial charge in [0.15, 0.2) is 5.82 Å². The molecule has 2 heterocycles. The number of pyridine rings is 1. The predicted octanol–water partition coefficient (Wildman–Crippen LogP) is 3.88. The highest BCUT2D eigenvalue weighted by atomic mass is 16.5. The maximum atomic E-state index is 5.23. The van der Waals surface area contributed by atoms with Crippen LogP contribution < -0.4 is 9.64 Å². The molecule has 0 amide bonds. The first-order valence-electron chi connectivity index (χ1n) is 8.33. The zero-order chi connectivity index (χ0) is 17.6. The average Bonchev–Trinajstić information content (AvgIpc) is 2.66. The number of nitrogens with zero attached hydrogens (tertiary/aromatic N) is 4. The molecule has 0 saturated carbocycles. The maximum Gasteiger partial charge on any atom is 0.163 e. The van der Waals surface area contributed by atoms with Gasteiger partial charge in [0.1, 0.15) is 11.6 Å². The normalized spacial score (nSPS) is 10.5. The van der Waals surface area contributed by atoms with E-state index in [0.29, 0.717) is 5.82 Å². The van der Waals surface area contributed by atoms with E-state index in [1.54, 1.807) is 19.5 Å². The van der Waals surface area contributed by atoms with Gasteiger partial charge in [-0.2, -0.15) is 0 Å². The Kier molecular flexibility index (Phi) is 5.23. The lowest BCUT2D eigenvalue weighted by atomic mass is 10.2. The van der Waals surface area contributed by atoms with Crippen LogP contribution in [0, 0.1) is 6.92 Å². The minimum absolute atomic E-state index is 0.705. The van der Waals surface area contributed by atoms with Crippen LogP contribution in [-0.4, -0.2) is 28.6 Å². The lowest BCUT2D eigenvalue weighted by Gasteiger charge is -2.23. The number of rotatable bonds is 6. The van der Waals surface area contributed by atoms with E-state index in [4.69, 9.17) is 9.72 Å². The monoisotopic (exact) mass is 334 g/mol. The highest BCUT2D eigenvalue weighted by molar-refractivity contribution is 5.56. The zero-order valence-corrected chi connectivity index (χ0v) is 14.8. The minimum atomic E-state index is 0.705. The third-order valence-electron chi connectivity index (χ3n) is 4.00. The second-order valence-corrected chi connectivity index (χ2v) is 5.80. The van der Waals surface area contributed by atoms with Crippen molar-refractivity contribution in [1.29, 1.82) is 0 Å². The van der Waals surface area contributed by atoms with Crippen LogP contribution >= 0.6 is 0 Å². The van der Waals surface area contributed by atoms with Crippen molar-refractivity contribution in [2.45, 2.75) is 20.4 Å². The fourth-order valence-corrected chi connectivity index (χ4v) is 2.64. The van der Waals surface area contributed by atoms with Gasteiger partial charge in [-0.3, -0.25) is 4.98 Å². The molecule has 0 N–H and O–H groups in total. The van der Waals surface area contributed by atoms with Gasteiger partial charge < -0.3 is 9.64 Å². The van der Waals surface area contributed by atoms with Gasteiger partial charge in [-0.15, -0.1) is 0 Å². The van der Waals surface area contributed by atoms with E-state index in [1.165, 1.54) is 5.56 Å². The number of anilines is 1. The summed E-state index contributed by atoms with van der Waals surface area (Å²) in [6.07, 6.45) is 3.54. The largest absolute Gasteiger partial charge is 0.497 e. The molecule has 5 nitrogen and oxygen atoms in total. The number of ether oxygens (including phenoxy) is 1. The van der Waals surface area contributed by atoms with Crippen molar-refractivity contribution in [1.82, 2.24) is 15.0 Å². The molecule has 5 heteroatoms. The molecule has 0 aliphatic rings. The van der Waals surface area contributed by atoms with E-state index >= 15 is 0 Å². The second-order valence-electron chi connectivity index (χ2n) is 5.80. The van der Waals surface area contributed by atoms with Gasteiger partial charge in [-0.05, 0) is 43.7 Å². The number of hydrogen-bond acceptors (Lipinski definition) is 5. The molecule has 0 radical (unpaired) electrons. The van der Waals surface area contributed by atoms with Crippen molar-refractivity contribution in [3.05, 3.63) is 66.1 Å². The van der Waals surface area contributed by atoms with Crippen molar-refractivity contribution in [2.75, 3.05) is 18.6 Å². The van der Waals surface area contributed by atoms with E-state index < -0.39 is 0 Å². The summed E-state index contributed by atoms with van der Waals surface area (Å²) in [7, 11) is 1.68. The van der Waals surface area contributed by atoms with Gasteiger partial charge in [0.25, 0.3) is 0 Å². The molecule has 0 atom stereocenters. The Morgan fingerprint density at radius 3 is 2.52 bits per heavy atom. The lowest BCUT2D eigenvalue weighted by molar-refractivity contribution is 0.414. The van der Waals surface area contributed by atoms with E-state index in [9.17, 15) is 0 Å². The average molecular weight is 334 g/mol. The number of hydrogen-bond donors (Lipinski definition) is 0. The van der Waals surface area contributed by atoms with Gasteiger partial charge in [0.2, 0.25) is 0 Å². The molecular weight excluding hydrogens is 312 g/mol. The summed E-state index contributed by atoms with van der Waals surface area (Å²) in [5.74, 6) is 2.49. The quantitative estimate of drug-likeness (QED) is 0.685. The summed E-state index contributed by atoms with van der Waals surface area (Å²) in [4.78, 5) is 15.7. The molecule has 0 spiro atoms. The van der Waals surface area contributed by atoms with Crippen molar-refractivity contribution >= 4 is 5.82 Å². The smallest absolute Gasteiger partial charge is 0.163 e. The molecule has 0 aliphatic carbocycles. The Hall–Kier alpha value is -2.95. The molecule has 1 aromatic carbocycles. The molecule has 0 saturated heterocycles. The predicted molar refractivity (Wildman–Crippen MR) is 99.7 cm³/mol. The molecule has 3 rings (SSSR count). The van der Waals surface area contributed by atoms with Crippen LogP contribution in [-0.2, 0) is 6.54 Å². The van der Waals surface area contributed by atoms with E-state index in [-0.39, 0.29) is 0 Å². The molecule has 0 bridgehead atoms. The van der Waals surface area contributed by atoms with Crippen LogP contribution in [0.5, 0.6) is 5.75 Å². The third kappa shape index (κ3) is 4.12. The Morgan fingerprint density at radius 1 is 1.08 bits per heavy atom. The van der Waals surface area contributed by atoms with Crippen molar-refractivity contribution in [3.8, 4) is 17.1 Å². The SMILES string of the molecule is CCN(Cc1ccc(OC)cc1)c1cc(C)nc(-c2cccnc2)n1. The van der Waals surface area contributed by atoms with Crippen molar-refractivity contribution in [3.63, 3.8) is 0 Å². The number of benzene rings is 1. The topological polar surface area (TPSA) is 51.1 Å². The first-order chi connectivity index (χ1) is 12.2. The van der Waals surface area contributed by atoms with E-state index in [1.807, 2.05) is 37.3 Å². The second kappa shape index (κ2) is 7.75. The van der Waals surface area contributed by atoms with Gasteiger partial charge in [0.05, 0.1) is 7.11 Å². The number of aryl methyl sites for hydroxylation is 1. The summed E-state index contributed by atoms with van der Waals surface area (Å²) >= 11 is 0. The van der Waals surface area contributed by atoms with E-state index in [0.717, 1.165) is 35.9 Å². The Bertz CT molecular complexity index is 819. The van der Waals surface area contributed by atoms with Gasteiger partial charge in [0, 0.05) is 42.8 Å². The summed E-state index contributed by atoms with van der Waals surface area (Å²) in [5, 5.41) is 0. The Morgan fingerprint density at radius 2 is 1.88 bits per heavy atom. The van der Waals surface area contributed by atoms with Crippen molar-refractivity contribution < 1.29 is 4.74 Å². The van der Waals surface area contributed by atoms with Crippen LogP contribution in [0.15, 0.2) is 54.9 Å². The first-order valence-corrected chi connectivity index (χ1v) is 8.33. The highest BCUT2D eigenvalue weighted by Gasteiger charge is 2.11. The number of methoxy groups -OCH3 is 1. The molecule has 2 aromatic heterocycles.